The van der Waals surface area contributed by atoms with Gasteiger partial charge in [-0.1, -0.05) is 6.58 Å². The first kappa shape index (κ1) is 10.5. The van der Waals surface area contributed by atoms with Crippen molar-refractivity contribution in [1.29, 1.82) is 0 Å². The van der Waals surface area contributed by atoms with Crippen molar-refractivity contribution in [2.75, 3.05) is 14.2 Å². The molecule has 0 aliphatic carbocycles. The summed E-state index contributed by atoms with van der Waals surface area (Å²) in [6.07, 6.45) is 1.71. The molecule has 0 fully saturated rings. The quantitative estimate of drug-likeness (QED) is 0.792. The molecule has 0 aliphatic rings. The van der Waals surface area contributed by atoms with Gasteiger partial charge in [-0.05, 0) is 18.2 Å². The molecule has 1 heterocycles. The largest absolute Gasteiger partial charge is 0.494 e. The number of hydrogen-bond acceptors (Lipinski definition) is 3. The van der Waals surface area contributed by atoms with Crippen molar-refractivity contribution in [3.63, 3.8) is 0 Å². The first-order valence-electron chi connectivity index (χ1n) is 4.92. The molecule has 0 N–H and O–H groups in total. The molecule has 4 heteroatoms. The van der Waals surface area contributed by atoms with E-state index in [1.54, 1.807) is 20.3 Å². The molecule has 0 aliphatic heterocycles. The van der Waals surface area contributed by atoms with Crippen LogP contribution in [0.25, 0.3) is 17.1 Å². The molecule has 0 bridgehead atoms. The highest BCUT2D eigenvalue weighted by Crippen LogP contribution is 2.32. The number of aromatic nitrogens is 2. The summed E-state index contributed by atoms with van der Waals surface area (Å²) < 4.78 is 12.5. The van der Waals surface area contributed by atoms with Crippen molar-refractivity contribution in [3.8, 4) is 11.5 Å². The number of methoxy groups -OCH3 is 2. The van der Waals surface area contributed by atoms with Crippen LogP contribution in [0.3, 0.4) is 0 Å². The molecule has 84 valence electrons. The average Bonchev–Trinajstić information content (AvgIpc) is 2.66. The molecule has 0 radical (unpaired) electrons. The van der Waals surface area contributed by atoms with Gasteiger partial charge in [0.15, 0.2) is 0 Å². The zero-order valence-electron chi connectivity index (χ0n) is 9.65. The van der Waals surface area contributed by atoms with Gasteiger partial charge in [-0.2, -0.15) is 0 Å². The topological polar surface area (TPSA) is 36.3 Å². The van der Waals surface area contributed by atoms with Crippen LogP contribution in [-0.2, 0) is 7.05 Å². The van der Waals surface area contributed by atoms with Crippen LogP contribution in [0.5, 0.6) is 11.5 Å². The standard InChI is InChI=1S/C12H14N2O2/c1-5-10-13-11-8(15-3)6-7-9(16-4)12(11)14(10)2/h5-7H,1H2,2-4H3. The van der Waals surface area contributed by atoms with Crippen LogP contribution in [0.2, 0.25) is 0 Å². The fourth-order valence-corrected chi connectivity index (χ4v) is 1.79. The van der Waals surface area contributed by atoms with Crippen LogP contribution in [-0.4, -0.2) is 23.8 Å². The van der Waals surface area contributed by atoms with Crippen molar-refractivity contribution in [2.24, 2.45) is 7.05 Å². The number of benzene rings is 1. The molecule has 16 heavy (non-hydrogen) atoms. The minimum Gasteiger partial charge on any atom is -0.494 e. The molecule has 0 atom stereocenters. The third kappa shape index (κ3) is 1.34. The summed E-state index contributed by atoms with van der Waals surface area (Å²) in [5.41, 5.74) is 1.70. The van der Waals surface area contributed by atoms with E-state index in [0.29, 0.717) is 0 Å². The van der Waals surface area contributed by atoms with Gasteiger partial charge in [-0.3, -0.25) is 0 Å². The van der Waals surface area contributed by atoms with E-state index in [0.717, 1.165) is 28.4 Å². The van der Waals surface area contributed by atoms with E-state index in [2.05, 4.69) is 11.6 Å². The highest BCUT2D eigenvalue weighted by Gasteiger charge is 2.14. The third-order valence-corrected chi connectivity index (χ3v) is 2.60. The van der Waals surface area contributed by atoms with Gasteiger partial charge in [0.25, 0.3) is 0 Å². The van der Waals surface area contributed by atoms with Crippen LogP contribution in [0.15, 0.2) is 18.7 Å². The van der Waals surface area contributed by atoms with E-state index in [1.165, 1.54) is 0 Å². The molecule has 0 amide bonds. The Labute approximate surface area is 94.1 Å². The summed E-state index contributed by atoms with van der Waals surface area (Å²) in [4.78, 5) is 4.45. The van der Waals surface area contributed by atoms with Crippen LogP contribution < -0.4 is 9.47 Å². The van der Waals surface area contributed by atoms with Gasteiger partial charge in [-0.25, -0.2) is 4.98 Å². The van der Waals surface area contributed by atoms with Crippen LogP contribution in [0, 0.1) is 0 Å². The molecule has 1 aromatic carbocycles. The van der Waals surface area contributed by atoms with E-state index in [-0.39, 0.29) is 0 Å². The first-order valence-corrected chi connectivity index (χ1v) is 4.92. The number of aryl methyl sites for hydroxylation is 1. The molecule has 2 rings (SSSR count). The highest BCUT2D eigenvalue weighted by molar-refractivity contribution is 5.89. The minimum absolute atomic E-state index is 0.736. The van der Waals surface area contributed by atoms with Gasteiger partial charge < -0.3 is 14.0 Å². The maximum absolute atomic E-state index is 5.31. The van der Waals surface area contributed by atoms with Gasteiger partial charge in [0.1, 0.15) is 28.4 Å². The lowest BCUT2D eigenvalue weighted by atomic mass is 10.2. The molecule has 0 saturated heterocycles. The fourth-order valence-electron chi connectivity index (χ4n) is 1.79. The van der Waals surface area contributed by atoms with Crippen LogP contribution >= 0.6 is 0 Å². The monoisotopic (exact) mass is 218 g/mol. The fraction of sp³-hybridized carbons (Fsp3) is 0.250. The first-order chi connectivity index (χ1) is 7.72. The lowest BCUT2D eigenvalue weighted by molar-refractivity contribution is 0.409. The van der Waals surface area contributed by atoms with Crippen LogP contribution in [0.4, 0.5) is 0 Å². The number of fused-ring (bicyclic) bond motifs is 1. The van der Waals surface area contributed by atoms with Crippen LogP contribution in [0.1, 0.15) is 5.82 Å². The van der Waals surface area contributed by atoms with Gasteiger partial charge in [0.05, 0.1) is 14.2 Å². The van der Waals surface area contributed by atoms with E-state index >= 15 is 0 Å². The zero-order valence-corrected chi connectivity index (χ0v) is 9.65. The van der Waals surface area contributed by atoms with Gasteiger partial charge in [0.2, 0.25) is 0 Å². The summed E-state index contributed by atoms with van der Waals surface area (Å²) in [5, 5.41) is 0. The van der Waals surface area contributed by atoms with E-state index in [9.17, 15) is 0 Å². The molecule has 0 saturated carbocycles. The molecule has 0 spiro atoms. The molecule has 2 aromatic rings. The summed E-state index contributed by atoms with van der Waals surface area (Å²) >= 11 is 0. The number of hydrogen-bond donors (Lipinski definition) is 0. The predicted octanol–water partition coefficient (Wildman–Crippen LogP) is 2.23. The Hall–Kier alpha value is -1.97. The Morgan fingerprint density at radius 2 is 1.88 bits per heavy atom. The smallest absolute Gasteiger partial charge is 0.146 e. The lowest BCUT2D eigenvalue weighted by Crippen LogP contribution is -1.94. The number of ether oxygens (including phenoxy) is 2. The van der Waals surface area contributed by atoms with Crippen molar-refractivity contribution in [2.45, 2.75) is 0 Å². The second-order valence-corrected chi connectivity index (χ2v) is 3.40. The third-order valence-electron chi connectivity index (χ3n) is 2.60. The molecular weight excluding hydrogens is 204 g/mol. The zero-order chi connectivity index (χ0) is 11.7. The number of imidazole rings is 1. The predicted molar refractivity (Wildman–Crippen MR) is 63.9 cm³/mol. The maximum Gasteiger partial charge on any atom is 0.146 e. The second kappa shape index (κ2) is 3.89. The minimum atomic E-state index is 0.736. The normalized spacial score (nSPS) is 10.4. The Bertz CT molecular complexity index is 543. The molecule has 4 nitrogen and oxygen atoms in total. The van der Waals surface area contributed by atoms with Crippen molar-refractivity contribution < 1.29 is 9.47 Å². The SMILES string of the molecule is C=Cc1nc2c(OC)ccc(OC)c2n1C. The van der Waals surface area contributed by atoms with E-state index < -0.39 is 0 Å². The molecule has 0 unspecified atom stereocenters. The van der Waals surface area contributed by atoms with E-state index in [4.69, 9.17) is 9.47 Å². The van der Waals surface area contributed by atoms with E-state index in [1.807, 2.05) is 23.7 Å². The molecule has 1 aromatic heterocycles. The Balaban J connectivity index is 2.87. The highest BCUT2D eigenvalue weighted by atomic mass is 16.5. The van der Waals surface area contributed by atoms with Crippen molar-refractivity contribution >= 4 is 17.1 Å². The average molecular weight is 218 g/mol. The Morgan fingerprint density at radius 3 is 2.44 bits per heavy atom. The number of nitrogens with zero attached hydrogens (tertiary/aromatic N) is 2. The summed E-state index contributed by atoms with van der Waals surface area (Å²) in [6, 6.07) is 3.72. The Kier molecular flexibility index (Phi) is 2.56. The number of rotatable bonds is 3. The van der Waals surface area contributed by atoms with Crippen molar-refractivity contribution in [3.05, 3.63) is 24.5 Å². The lowest BCUT2D eigenvalue weighted by Gasteiger charge is -2.06. The summed E-state index contributed by atoms with van der Waals surface area (Å²) in [7, 11) is 5.19. The van der Waals surface area contributed by atoms with Crippen molar-refractivity contribution in [1.82, 2.24) is 9.55 Å². The summed E-state index contributed by atoms with van der Waals surface area (Å²) in [5.74, 6) is 2.30. The summed E-state index contributed by atoms with van der Waals surface area (Å²) in [6.45, 7) is 3.73. The van der Waals surface area contributed by atoms with Gasteiger partial charge in [0, 0.05) is 7.05 Å². The maximum atomic E-state index is 5.31. The van der Waals surface area contributed by atoms with Gasteiger partial charge >= 0.3 is 0 Å². The second-order valence-electron chi connectivity index (χ2n) is 3.40. The molecular formula is C12H14N2O2. The van der Waals surface area contributed by atoms with Gasteiger partial charge in [-0.15, -0.1) is 0 Å². The Morgan fingerprint density at radius 1 is 1.25 bits per heavy atom.